The molecule has 6 heteroatoms. The maximum absolute atomic E-state index is 12.1. The minimum absolute atomic E-state index is 0.303. The number of rotatable bonds is 2. The van der Waals surface area contributed by atoms with Gasteiger partial charge in [0.05, 0.1) is 0 Å². The fourth-order valence-electron chi connectivity index (χ4n) is 2.63. The molecule has 1 amide bonds. The van der Waals surface area contributed by atoms with Crippen molar-refractivity contribution in [2.45, 2.75) is 26.2 Å². The van der Waals surface area contributed by atoms with E-state index in [0.717, 1.165) is 51.3 Å². The third kappa shape index (κ3) is 3.03. The van der Waals surface area contributed by atoms with E-state index in [1.54, 1.807) is 6.07 Å². The monoisotopic (exact) mass is 294 g/mol. The molecule has 0 aromatic carbocycles. The molecular formula is C14H19ClN4O. The maximum Gasteiger partial charge on any atom is 0.225 e. The Morgan fingerprint density at radius 3 is 2.75 bits per heavy atom. The Morgan fingerprint density at radius 2 is 2.05 bits per heavy atom. The topological polar surface area (TPSA) is 49.3 Å². The van der Waals surface area contributed by atoms with Crippen molar-refractivity contribution in [3.8, 4) is 0 Å². The van der Waals surface area contributed by atoms with Gasteiger partial charge in [0, 0.05) is 38.2 Å². The number of aryl methyl sites for hydroxylation is 1. The first-order valence-electron chi connectivity index (χ1n) is 7.18. The summed E-state index contributed by atoms with van der Waals surface area (Å²) < 4.78 is 0. The number of amides is 1. The number of hydrogen-bond donors (Lipinski definition) is 0. The summed E-state index contributed by atoms with van der Waals surface area (Å²) in [7, 11) is 0. The first-order valence-corrected chi connectivity index (χ1v) is 7.56. The zero-order valence-corrected chi connectivity index (χ0v) is 12.4. The Balaban J connectivity index is 1.68. The van der Waals surface area contributed by atoms with Crippen LogP contribution in [0.25, 0.3) is 0 Å². The largest absolute Gasteiger partial charge is 0.355 e. The van der Waals surface area contributed by atoms with E-state index in [4.69, 9.17) is 11.6 Å². The van der Waals surface area contributed by atoms with E-state index in [2.05, 4.69) is 14.9 Å². The predicted molar refractivity (Wildman–Crippen MR) is 77.9 cm³/mol. The summed E-state index contributed by atoms with van der Waals surface area (Å²) >= 11 is 6.00. The number of carbonyl (C=O) groups excluding carboxylic acids is 1. The second-order valence-electron chi connectivity index (χ2n) is 5.54. The van der Waals surface area contributed by atoms with E-state index in [-0.39, 0.29) is 0 Å². The number of nitrogens with zero attached hydrogens (tertiary/aromatic N) is 4. The summed E-state index contributed by atoms with van der Waals surface area (Å²) in [5, 5.41) is 0.475. The van der Waals surface area contributed by atoms with Gasteiger partial charge < -0.3 is 9.80 Å². The molecule has 1 saturated carbocycles. The van der Waals surface area contributed by atoms with Crippen LogP contribution in [0.4, 0.5) is 5.82 Å². The van der Waals surface area contributed by atoms with Gasteiger partial charge in [0.25, 0.3) is 0 Å². The molecule has 1 aliphatic carbocycles. The number of aromatic nitrogens is 2. The van der Waals surface area contributed by atoms with Crippen molar-refractivity contribution in [3.05, 3.63) is 17.0 Å². The summed E-state index contributed by atoms with van der Waals surface area (Å²) in [5.74, 6) is 2.19. The molecule has 2 aliphatic rings. The third-order valence-corrected chi connectivity index (χ3v) is 4.04. The van der Waals surface area contributed by atoms with E-state index < -0.39 is 0 Å². The van der Waals surface area contributed by atoms with Gasteiger partial charge in [-0.2, -0.15) is 0 Å². The highest BCUT2D eigenvalue weighted by Gasteiger charge is 2.34. The number of halogens is 1. The van der Waals surface area contributed by atoms with Crippen LogP contribution in [0.2, 0.25) is 5.15 Å². The minimum atomic E-state index is 0.303. The van der Waals surface area contributed by atoms with Crippen molar-refractivity contribution in [1.29, 1.82) is 0 Å². The van der Waals surface area contributed by atoms with Gasteiger partial charge in [0.15, 0.2) is 0 Å². The van der Waals surface area contributed by atoms with Crippen LogP contribution in [0.15, 0.2) is 6.07 Å². The Labute approximate surface area is 123 Å². The highest BCUT2D eigenvalue weighted by molar-refractivity contribution is 6.29. The minimum Gasteiger partial charge on any atom is -0.355 e. The maximum atomic E-state index is 12.1. The van der Waals surface area contributed by atoms with Crippen molar-refractivity contribution in [2.75, 3.05) is 31.1 Å². The first-order chi connectivity index (χ1) is 9.63. The molecule has 0 spiro atoms. The Kier molecular flexibility index (Phi) is 3.78. The van der Waals surface area contributed by atoms with Crippen LogP contribution < -0.4 is 4.90 Å². The summed E-state index contributed by atoms with van der Waals surface area (Å²) in [6.45, 7) is 5.18. The summed E-state index contributed by atoms with van der Waals surface area (Å²) in [6.07, 6.45) is 3.11. The van der Waals surface area contributed by atoms with Crippen molar-refractivity contribution in [1.82, 2.24) is 14.9 Å². The summed E-state index contributed by atoms with van der Waals surface area (Å²) in [4.78, 5) is 24.9. The second kappa shape index (κ2) is 5.56. The lowest BCUT2D eigenvalue weighted by Gasteiger charge is -2.23. The molecule has 1 saturated heterocycles. The van der Waals surface area contributed by atoms with Crippen LogP contribution in [0.5, 0.6) is 0 Å². The molecule has 0 radical (unpaired) electrons. The van der Waals surface area contributed by atoms with Crippen LogP contribution in [-0.2, 0) is 4.79 Å². The van der Waals surface area contributed by atoms with Crippen LogP contribution in [0.3, 0.4) is 0 Å². The Morgan fingerprint density at radius 1 is 1.25 bits per heavy atom. The van der Waals surface area contributed by atoms with Crippen LogP contribution in [0.1, 0.15) is 25.1 Å². The lowest BCUT2D eigenvalue weighted by Crippen LogP contribution is -2.36. The van der Waals surface area contributed by atoms with Gasteiger partial charge in [0.1, 0.15) is 16.8 Å². The highest BCUT2D eigenvalue weighted by atomic mass is 35.5. The molecule has 1 aliphatic heterocycles. The molecular weight excluding hydrogens is 276 g/mol. The van der Waals surface area contributed by atoms with Crippen molar-refractivity contribution in [3.63, 3.8) is 0 Å². The number of anilines is 1. The molecule has 0 bridgehead atoms. The Hall–Kier alpha value is -1.36. The smallest absolute Gasteiger partial charge is 0.225 e. The second-order valence-corrected chi connectivity index (χ2v) is 5.92. The summed E-state index contributed by atoms with van der Waals surface area (Å²) in [5.41, 5.74) is 0. The van der Waals surface area contributed by atoms with Gasteiger partial charge in [-0.05, 0) is 26.2 Å². The molecule has 20 heavy (non-hydrogen) atoms. The highest BCUT2D eigenvalue weighted by Crippen LogP contribution is 2.31. The van der Waals surface area contributed by atoms with Gasteiger partial charge in [0.2, 0.25) is 5.91 Å². The molecule has 2 heterocycles. The molecule has 0 N–H and O–H groups in total. The van der Waals surface area contributed by atoms with Crippen LogP contribution in [0, 0.1) is 12.8 Å². The summed E-state index contributed by atoms with van der Waals surface area (Å²) in [6, 6.07) is 1.80. The normalized spacial score (nSPS) is 19.9. The quantitative estimate of drug-likeness (QED) is 0.782. The van der Waals surface area contributed by atoms with Crippen molar-refractivity contribution >= 4 is 23.3 Å². The fourth-order valence-corrected chi connectivity index (χ4v) is 2.85. The van der Waals surface area contributed by atoms with Gasteiger partial charge in [-0.1, -0.05) is 11.6 Å². The van der Waals surface area contributed by atoms with Gasteiger partial charge in [-0.25, -0.2) is 9.97 Å². The lowest BCUT2D eigenvalue weighted by atomic mass is 10.3. The average molecular weight is 295 g/mol. The average Bonchev–Trinajstić information content (AvgIpc) is 3.23. The molecule has 1 aromatic heterocycles. The lowest BCUT2D eigenvalue weighted by molar-refractivity contribution is -0.132. The number of hydrogen-bond acceptors (Lipinski definition) is 4. The standard InChI is InChI=1S/C14H19ClN4O/c1-10-16-12(15)9-13(17-10)18-5-2-6-19(8-7-18)14(20)11-3-4-11/h9,11H,2-8H2,1H3. The molecule has 108 valence electrons. The third-order valence-electron chi connectivity index (χ3n) is 3.85. The van der Waals surface area contributed by atoms with Crippen molar-refractivity contribution < 1.29 is 4.79 Å². The molecule has 5 nitrogen and oxygen atoms in total. The molecule has 0 unspecified atom stereocenters. The zero-order valence-electron chi connectivity index (χ0n) is 11.7. The van der Waals surface area contributed by atoms with E-state index in [1.807, 2.05) is 11.8 Å². The molecule has 1 aromatic rings. The fraction of sp³-hybridized carbons (Fsp3) is 0.643. The van der Waals surface area contributed by atoms with Crippen LogP contribution >= 0.6 is 11.6 Å². The zero-order chi connectivity index (χ0) is 14.1. The van der Waals surface area contributed by atoms with E-state index in [0.29, 0.717) is 22.8 Å². The molecule has 0 atom stereocenters. The number of carbonyl (C=O) groups is 1. The van der Waals surface area contributed by atoms with Crippen LogP contribution in [-0.4, -0.2) is 47.0 Å². The molecule has 3 rings (SSSR count). The van der Waals surface area contributed by atoms with Gasteiger partial charge >= 0.3 is 0 Å². The van der Waals surface area contributed by atoms with Crippen molar-refractivity contribution in [2.24, 2.45) is 5.92 Å². The predicted octanol–water partition coefficient (Wildman–Crippen LogP) is 1.89. The van der Waals surface area contributed by atoms with E-state index in [1.165, 1.54) is 0 Å². The van der Waals surface area contributed by atoms with E-state index in [9.17, 15) is 4.79 Å². The SMILES string of the molecule is Cc1nc(Cl)cc(N2CCCN(C(=O)C3CC3)CC2)n1. The first kappa shape index (κ1) is 13.6. The molecule has 2 fully saturated rings. The van der Waals surface area contributed by atoms with Gasteiger partial charge in [-0.15, -0.1) is 0 Å². The Bertz CT molecular complexity index is 498. The van der Waals surface area contributed by atoms with E-state index >= 15 is 0 Å². The van der Waals surface area contributed by atoms with Gasteiger partial charge in [-0.3, -0.25) is 4.79 Å².